The van der Waals surface area contributed by atoms with Gasteiger partial charge in [0.15, 0.2) is 0 Å². The number of piperidine rings is 1. The number of β-amino-alcohol motifs (C(OH)–C–C–N with tert-alkyl or cyclic N) is 1. The molecule has 0 radical (unpaired) electrons. The number of aliphatic hydroxyl groups is 1. The lowest BCUT2D eigenvalue weighted by atomic mass is 9.94. The molecule has 2 aliphatic rings. The second-order valence-electron chi connectivity index (χ2n) is 7.98. The first-order valence-electron chi connectivity index (χ1n) is 10.5. The van der Waals surface area contributed by atoms with E-state index in [9.17, 15) is 5.11 Å². The number of nitrogens with zero attached hydrogens (tertiary/aromatic N) is 5. The van der Waals surface area contributed by atoms with Crippen LogP contribution in [0.25, 0.3) is 0 Å². The molecule has 1 saturated heterocycles. The van der Waals surface area contributed by atoms with Crippen LogP contribution in [0.15, 0.2) is 61.2 Å². The quantitative estimate of drug-likeness (QED) is 0.695. The lowest BCUT2D eigenvalue weighted by molar-refractivity contribution is 0.0293. The van der Waals surface area contributed by atoms with E-state index in [2.05, 4.69) is 54.3 Å². The minimum Gasteiger partial charge on any atom is -0.390 e. The molecule has 1 unspecified atom stereocenters. The van der Waals surface area contributed by atoms with Gasteiger partial charge in [0, 0.05) is 56.4 Å². The highest BCUT2D eigenvalue weighted by atomic mass is 16.3. The summed E-state index contributed by atoms with van der Waals surface area (Å²) in [4.78, 5) is 17.4. The Morgan fingerprint density at radius 3 is 2.67 bits per heavy atom. The van der Waals surface area contributed by atoms with Gasteiger partial charge in [-0.3, -0.25) is 9.88 Å². The van der Waals surface area contributed by atoms with Crippen LogP contribution in [0.4, 0.5) is 17.3 Å². The van der Waals surface area contributed by atoms with Gasteiger partial charge in [0.25, 0.3) is 0 Å². The van der Waals surface area contributed by atoms with E-state index >= 15 is 0 Å². The summed E-state index contributed by atoms with van der Waals surface area (Å²) in [6, 6.07) is 14.6. The summed E-state index contributed by atoms with van der Waals surface area (Å²) in [5.41, 5.74) is 3.76. The average Bonchev–Trinajstić information content (AvgIpc) is 2.79. The van der Waals surface area contributed by atoms with Gasteiger partial charge in [0.1, 0.15) is 18.0 Å². The van der Waals surface area contributed by atoms with E-state index in [-0.39, 0.29) is 6.04 Å². The van der Waals surface area contributed by atoms with Crippen LogP contribution in [-0.2, 0) is 13.0 Å². The van der Waals surface area contributed by atoms with Crippen molar-refractivity contribution in [2.24, 2.45) is 0 Å². The minimum atomic E-state index is -0.407. The first-order chi connectivity index (χ1) is 14.8. The fraction of sp³-hybridized carbons (Fsp3) is 0.348. The number of nitrogens with one attached hydrogen (secondary N) is 1. The molecule has 0 saturated carbocycles. The highest BCUT2D eigenvalue weighted by molar-refractivity contribution is 5.58. The second kappa shape index (κ2) is 8.38. The summed E-state index contributed by atoms with van der Waals surface area (Å²) in [6.07, 6.45) is 6.61. The molecular weight excluding hydrogens is 376 g/mol. The standard InChI is InChI=1S/C23H26N6O/c30-21-15-29(23-13-22(25-16-26-23)27-19-5-9-24-10-6-19)12-8-20(21)28-11-7-17-3-1-2-4-18(17)14-28/h1-6,9-10,13,16,20-21,30H,7-8,11-12,14-15H2,(H,24,25,26,27)/t20?,21-/m0/s1. The molecule has 2 atom stereocenters. The molecule has 0 spiro atoms. The summed E-state index contributed by atoms with van der Waals surface area (Å²) in [7, 11) is 0. The van der Waals surface area contributed by atoms with Crippen molar-refractivity contribution in [2.75, 3.05) is 29.9 Å². The first kappa shape index (κ1) is 19.0. The van der Waals surface area contributed by atoms with E-state index in [4.69, 9.17) is 0 Å². The predicted molar refractivity (Wildman–Crippen MR) is 117 cm³/mol. The lowest BCUT2D eigenvalue weighted by Gasteiger charge is -2.43. The van der Waals surface area contributed by atoms with Crippen molar-refractivity contribution in [2.45, 2.75) is 31.5 Å². The van der Waals surface area contributed by atoms with Gasteiger partial charge in [-0.1, -0.05) is 24.3 Å². The van der Waals surface area contributed by atoms with Crippen molar-refractivity contribution in [1.29, 1.82) is 0 Å². The highest BCUT2D eigenvalue weighted by Crippen LogP contribution is 2.27. The molecule has 2 aromatic heterocycles. The molecule has 5 rings (SSSR count). The van der Waals surface area contributed by atoms with E-state index < -0.39 is 6.10 Å². The van der Waals surface area contributed by atoms with Gasteiger partial charge >= 0.3 is 0 Å². The van der Waals surface area contributed by atoms with Gasteiger partial charge in [0.2, 0.25) is 0 Å². The van der Waals surface area contributed by atoms with Crippen molar-refractivity contribution in [1.82, 2.24) is 19.9 Å². The molecule has 30 heavy (non-hydrogen) atoms. The smallest absolute Gasteiger partial charge is 0.135 e. The number of fused-ring (bicyclic) bond motifs is 1. The van der Waals surface area contributed by atoms with Crippen molar-refractivity contribution in [3.05, 3.63) is 72.3 Å². The molecule has 7 heteroatoms. The third kappa shape index (κ3) is 3.99. The highest BCUT2D eigenvalue weighted by Gasteiger charge is 2.34. The normalized spacial score (nSPS) is 21.8. The van der Waals surface area contributed by atoms with Crippen LogP contribution in [-0.4, -0.2) is 56.7 Å². The predicted octanol–water partition coefficient (Wildman–Crippen LogP) is 2.61. The zero-order valence-corrected chi connectivity index (χ0v) is 16.9. The molecule has 2 N–H and O–H groups in total. The van der Waals surface area contributed by atoms with Crippen LogP contribution in [0.2, 0.25) is 0 Å². The van der Waals surface area contributed by atoms with Crippen molar-refractivity contribution >= 4 is 17.3 Å². The largest absolute Gasteiger partial charge is 0.390 e. The Morgan fingerprint density at radius 1 is 1.00 bits per heavy atom. The number of rotatable bonds is 4. The summed E-state index contributed by atoms with van der Waals surface area (Å²) >= 11 is 0. The third-order valence-electron chi connectivity index (χ3n) is 6.10. The molecule has 1 aromatic carbocycles. The maximum Gasteiger partial charge on any atom is 0.135 e. The fourth-order valence-corrected chi connectivity index (χ4v) is 4.53. The molecule has 0 amide bonds. The Bertz CT molecular complexity index is 998. The SMILES string of the molecule is O[C@H]1CN(c2cc(Nc3ccncc3)ncn2)CCC1N1CCc2ccccc2C1. The Morgan fingerprint density at radius 2 is 1.83 bits per heavy atom. The van der Waals surface area contributed by atoms with Gasteiger partial charge in [-0.25, -0.2) is 9.97 Å². The van der Waals surface area contributed by atoms with Crippen molar-refractivity contribution < 1.29 is 5.11 Å². The van der Waals surface area contributed by atoms with Crippen LogP contribution < -0.4 is 10.2 Å². The van der Waals surface area contributed by atoms with Crippen LogP contribution in [0.5, 0.6) is 0 Å². The zero-order valence-electron chi connectivity index (χ0n) is 16.9. The molecule has 3 aromatic rings. The average molecular weight is 403 g/mol. The summed E-state index contributed by atoms with van der Waals surface area (Å²) in [5.74, 6) is 1.57. The topological polar surface area (TPSA) is 77.4 Å². The number of benzene rings is 1. The fourth-order valence-electron chi connectivity index (χ4n) is 4.53. The lowest BCUT2D eigenvalue weighted by Crippen LogP contribution is -2.55. The molecule has 7 nitrogen and oxygen atoms in total. The number of pyridine rings is 1. The van der Waals surface area contributed by atoms with Crippen molar-refractivity contribution in [3.63, 3.8) is 0 Å². The summed E-state index contributed by atoms with van der Waals surface area (Å²) < 4.78 is 0. The van der Waals surface area contributed by atoms with E-state index in [0.717, 1.165) is 49.8 Å². The molecular formula is C23H26N6O. The number of hydrogen-bond donors (Lipinski definition) is 2. The Hall–Kier alpha value is -3.03. The molecule has 4 heterocycles. The zero-order chi connectivity index (χ0) is 20.3. The second-order valence-corrected chi connectivity index (χ2v) is 7.98. The number of aliphatic hydroxyl groups excluding tert-OH is 1. The van der Waals surface area contributed by atoms with Gasteiger partial charge in [-0.05, 0) is 36.1 Å². The van der Waals surface area contributed by atoms with Gasteiger partial charge in [-0.2, -0.15) is 0 Å². The first-order valence-corrected chi connectivity index (χ1v) is 10.5. The molecule has 154 valence electrons. The van der Waals surface area contributed by atoms with Crippen LogP contribution in [0, 0.1) is 0 Å². The summed E-state index contributed by atoms with van der Waals surface area (Å²) in [5, 5.41) is 14.2. The van der Waals surface area contributed by atoms with Gasteiger partial charge in [-0.15, -0.1) is 0 Å². The number of aromatic nitrogens is 3. The van der Waals surface area contributed by atoms with E-state index in [1.165, 1.54) is 11.1 Å². The molecule has 0 bridgehead atoms. The molecule has 0 aliphatic carbocycles. The van der Waals surface area contributed by atoms with Crippen LogP contribution in [0.1, 0.15) is 17.5 Å². The maximum absolute atomic E-state index is 11.0. The Labute approximate surface area is 176 Å². The van der Waals surface area contributed by atoms with Crippen LogP contribution in [0.3, 0.4) is 0 Å². The Kier molecular flexibility index (Phi) is 5.29. The van der Waals surface area contributed by atoms with E-state index in [1.54, 1.807) is 18.7 Å². The van der Waals surface area contributed by atoms with Crippen molar-refractivity contribution in [3.8, 4) is 0 Å². The maximum atomic E-state index is 11.0. The monoisotopic (exact) mass is 402 g/mol. The number of anilines is 3. The van der Waals surface area contributed by atoms with E-state index in [1.807, 2.05) is 18.2 Å². The van der Waals surface area contributed by atoms with Gasteiger partial charge < -0.3 is 15.3 Å². The van der Waals surface area contributed by atoms with E-state index in [0.29, 0.717) is 6.54 Å². The number of hydrogen-bond acceptors (Lipinski definition) is 7. The van der Waals surface area contributed by atoms with Crippen LogP contribution >= 0.6 is 0 Å². The molecule has 2 aliphatic heterocycles. The minimum absolute atomic E-state index is 0.186. The molecule has 1 fully saturated rings. The van der Waals surface area contributed by atoms with Gasteiger partial charge in [0.05, 0.1) is 6.10 Å². The third-order valence-corrected chi connectivity index (χ3v) is 6.10. The Balaban J connectivity index is 1.25. The summed E-state index contributed by atoms with van der Waals surface area (Å²) in [6.45, 7) is 3.37.